The van der Waals surface area contributed by atoms with E-state index in [9.17, 15) is 18.0 Å². The standard InChI is InChI=1S/C20H24F3N3O/c1-15-11-24-26(12-15)14-19(27)25-10-4-5-16(13-25)8-9-17-6-2-3-7-18(17)20(21,22)23/h2-3,6-7,11-12,16H,4-5,8-10,13-14H2,1H3. The number of hydrogen-bond acceptors (Lipinski definition) is 2. The Balaban J connectivity index is 1.57. The minimum Gasteiger partial charge on any atom is -0.341 e. The highest BCUT2D eigenvalue weighted by molar-refractivity contribution is 5.76. The second-order valence-electron chi connectivity index (χ2n) is 7.26. The van der Waals surface area contributed by atoms with Crippen molar-refractivity contribution in [3.05, 3.63) is 53.3 Å². The van der Waals surface area contributed by atoms with Gasteiger partial charge in [0.1, 0.15) is 6.54 Å². The van der Waals surface area contributed by atoms with Crippen molar-refractivity contribution in [1.82, 2.24) is 14.7 Å². The maximum Gasteiger partial charge on any atom is 0.416 e. The first-order valence-corrected chi connectivity index (χ1v) is 9.25. The average molecular weight is 379 g/mol. The molecule has 1 aliphatic heterocycles. The molecule has 27 heavy (non-hydrogen) atoms. The number of alkyl halides is 3. The molecule has 7 heteroatoms. The summed E-state index contributed by atoms with van der Waals surface area (Å²) in [5.74, 6) is 0.238. The molecule has 1 fully saturated rings. The number of benzene rings is 1. The third-order valence-electron chi connectivity index (χ3n) is 5.08. The Bertz CT molecular complexity index is 785. The monoisotopic (exact) mass is 379 g/mol. The first-order valence-electron chi connectivity index (χ1n) is 9.25. The van der Waals surface area contributed by atoms with E-state index in [2.05, 4.69) is 5.10 Å². The van der Waals surface area contributed by atoms with E-state index in [1.54, 1.807) is 23.0 Å². The molecule has 1 aliphatic rings. The van der Waals surface area contributed by atoms with Gasteiger partial charge in [-0.1, -0.05) is 18.2 Å². The molecule has 1 aromatic carbocycles. The number of aryl methyl sites for hydroxylation is 2. The fraction of sp³-hybridized carbons (Fsp3) is 0.500. The summed E-state index contributed by atoms with van der Waals surface area (Å²) in [6, 6.07) is 5.75. The Hall–Kier alpha value is -2.31. The highest BCUT2D eigenvalue weighted by atomic mass is 19.4. The number of amides is 1. The molecule has 0 aliphatic carbocycles. The lowest BCUT2D eigenvalue weighted by Gasteiger charge is -2.33. The van der Waals surface area contributed by atoms with Gasteiger partial charge in [-0.05, 0) is 55.7 Å². The fourth-order valence-electron chi connectivity index (χ4n) is 3.69. The van der Waals surface area contributed by atoms with Gasteiger partial charge in [-0.15, -0.1) is 0 Å². The van der Waals surface area contributed by atoms with E-state index in [0.717, 1.165) is 24.5 Å². The van der Waals surface area contributed by atoms with Gasteiger partial charge in [-0.2, -0.15) is 18.3 Å². The smallest absolute Gasteiger partial charge is 0.341 e. The maximum atomic E-state index is 13.1. The van der Waals surface area contributed by atoms with Gasteiger partial charge in [0, 0.05) is 19.3 Å². The van der Waals surface area contributed by atoms with Crippen LogP contribution in [0.3, 0.4) is 0 Å². The van der Waals surface area contributed by atoms with Gasteiger partial charge in [-0.3, -0.25) is 9.48 Å². The van der Waals surface area contributed by atoms with Crippen LogP contribution < -0.4 is 0 Å². The third kappa shape index (κ3) is 5.11. The summed E-state index contributed by atoms with van der Waals surface area (Å²) in [4.78, 5) is 14.3. The van der Waals surface area contributed by atoms with E-state index in [1.165, 1.54) is 6.07 Å². The predicted octanol–water partition coefficient (Wildman–Crippen LogP) is 4.08. The minimum atomic E-state index is -4.33. The molecule has 0 radical (unpaired) electrons. The number of nitrogens with zero attached hydrogens (tertiary/aromatic N) is 3. The molecule has 0 N–H and O–H groups in total. The molecule has 146 valence electrons. The largest absolute Gasteiger partial charge is 0.416 e. The van der Waals surface area contributed by atoms with E-state index < -0.39 is 11.7 Å². The van der Waals surface area contributed by atoms with Crippen LogP contribution in [0.25, 0.3) is 0 Å². The van der Waals surface area contributed by atoms with E-state index in [1.807, 2.05) is 18.0 Å². The molecular formula is C20H24F3N3O. The number of halogens is 3. The van der Waals surface area contributed by atoms with Gasteiger partial charge in [0.05, 0.1) is 11.8 Å². The summed E-state index contributed by atoms with van der Waals surface area (Å²) < 4.78 is 41.0. The van der Waals surface area contributed by atoms with Gasteiger partial charge in [0.25, 0.3) is 0 Å². The predicted molar refractivity (Wildman–Crippen MR) is 96.0 cm³/mol. The number of carbonyl (C=O) groups is 1. The Morgan fingerprint density at radius 1 is 1.30 bits per heavy atom. The highest BCUT2D eigenvalue weighted by Gasteiger charge is 2.33. The van der Waals surface area contributed by atoms with Gasteiger partial charge in [-0.25, -0.2) is 0 Å². The molecule has 1 aromatic heterocycles. The van der Waals surface area contributed by atoms with Gasteiger partial charge in [0.2, 0.25) is 5.91 Å². The van der Waals surface area contributed by atoms with E-state index in [4.69, 9.17) is 0 Å². The summed E-state index contributed by atoms with van der Waals surface area (Å²) in [6.45, 7) is 3.43. The normalized spacial score (nSPS) is 17.9. The van der Waals surface area contributed by atoms with E-state index in [-0.39, 0.29) is 18.4 Å². The SMILES string of the molecule is Cc1cnn(CC(=O)N2CCCC(CCc3ccccc3C(F)(F)F)C2)c1. The van der Waals surface area contributed by atoms with Crippen molar-refractivity contribution in [2.45, 2.75) is 45.3 Å². The minimum absolute atomic E-state index is 0.0125. The number of piperidine rings is 1. The zero-order valence-corrected chi connectivity index (χ0v) is 15.4. The number of carbonyl (C=O) groups excluding carboxylic acids is 1. The Kier molecular flexibility index (Phi) is 5.87. The summed E-state index contributed by atoms with van der Waals surface area (Å²) in [5.41, 5.74) is 0.783. The molecule has 0 spiro atoms. The van der Waals surface area contributed by atoms with Crippen molar-refractivity contribution in [2.75, 3.05) is 13.1 Å². The molecule has 3 rings (SSSR count). The fourth-order valence-corrected chi connectivity index (χ4v) is 3.69. The van der Waals surface area contributed by atoms with Crippen molar-refractivity contribution in [3.8, 4) is 0 Å². The van der Waals surface area contributed by atoms with Crippen LogP contribution in [0.15, 0.2) is 36.7 Å². The lowest BCUT2D eigenvalue weighted by atomic mass is 9.90. The van der Waals surface area contributed by atoms with Crippen LogP contribution in [0, 0.1) is 12.8 Å². The Morgan fingerprint density at radius 2 is 2.07 bits per heavy atom. The summed E-state index contributed by atoms with van der Waals surface area (Å²) in [7, 11) is 0. The number of rotatable bonds is 5. The molecular weight excluding hydrogens is 355 g/mol. The van der Waals surface area contributed by atoms with E-state index in [0.29, 0.717) is 31.5 Å². The zero-order valence-electron chi connectivity index (χ0n) is 15.4. The second kappa shape index (κ2) is 8.15. The lowest BCUT2D eigenvalue weighted by Crippen LogP contribution is -2.41. The first-order chi connectivity index (χ1) is 12.8. The van der Waals surface area contributed by atoms with Crippen molar-refractivity contribution < 1.29 is 18.0 Å². The van der Waals surface area contributed by atoms with Gasteiger partial charge >= 0.3 is 6.18 Å². The highest BCUT2D eigenvalue weighted by Crippen LogP contribution is 2.33. The van der Waals surface area contributed by atoms with Gasteiger partial charge < -0.3 is 4.90 Å². The number of hydrogen-bond donors (Lipinski definition) is 0. The van der Waals surface area contributed by atoms with Gasteiger partial charge in [0.15, 0.2) is 0 Å². The van der Waals surface area contributed by atoms with Crippen molar-refractivity contribution in [1.29, 1.82) is 0 Å². The quantitative estimate of drug-likeness (QED) is 0.785. The second-order valence-corrected chi connectivity index (χ2v) is 7.26. The van der Waals surface area contributed by atoms with Crippen LogP contribution in [0.4, 0.5) is 13.2 Å². The third-order valence-corrected chi connectivity index (χ3v) is 5.08. The molecule has 2 heterocycles. The average Bonchev–Trinajstić information content (AvgIpc) is 3.04. The molecule has 0 bridgehead atoms. The molecule has 1 atom stereocenters. The number of likely N-dealkylation sites (tertiary alicyclic amines) is 1. The van der Waals surface area contributed by atoms with Crippen LogP contribution in [0.2, 0.25) is 0 Å². The first kappa shape index (κ1) is 19.5. The topological polar surface area (TPSA) is 38.1 Å². The summed E-state index contributed by atoms with van der Waals surface area (Å²) in [6.07, 6.45) is 2.07. The van der Waals surface area contributed by atoms with Crippen LogP contribution >= 0.6 is 0 Å². The maximum absolute atomic E-state index is 13.1. The van der Waals surface area contributed by atoms with Crippen LogP contribution in [-0.2, 0) is 23.9 Å². The van der Waals surface area contributed by atoms with Crippen molar-refractivity contribution in [3.63, 3.8) is 0 Å². The molecule has 1 unspecified atom stereocenters. The van der Waals surface area contributed by atoms with Crippen LogP contribution in [-0.4, -0.2) is 33.7 Å². The summed E-state index contributed by atoms with van der Waals surface area (Å²) in [5, 5.41) is 4.14. The van der Waals surface area contributed by atoms with Crippen LogP contribution in [0.5, 0.6) is 0 Å². The summed E-state index contributed by atoms with van der Waals surface area (Å²) >= 11 is 0. The Morgan fingerprint density at radius 3 is 2.78 bits per heavy atom. The molecule has 0 saturated carbocycles. The molecule has 1 saturated heterocycles. The van der Waals surface area contributed by atoms with Crippen molar-refractivity contribution >= 4 is 5.91 Å². The van der Waals surface area contributed by atoms with Crippen LogP contribution in [0.1, 0.15) is 36.0 Å². The zero-order chi connectivity index (χ0) is 19.4. The lowest BCUT2D eigenvalue weighted by molar-refractivity contribution is -0.138. The number of aromatic nitrogens is 2. The van der Waals surface area contributed by atoms with E-state index >= 15 is 0 Å². The Labute approximate surface area is 157 Å². The van der Waals surface area contributed by atoms with Crippen molar-refractivity contribution in [2.24, 2.45) is 5.92 Å². The molecule has 2 aromatic rings. The molecule has 1 amide bonds. The molecule has 4 nitrogen and oxygen atoms in total.